The molecular weight excluding hydrogens is 505 g/mol. The molecule has 186 valence electrons. The molecule has 0 saturated carbocycles. The van der Waals surface area contributed by atoms with Gasteiger partial charge in [-0.1, -0.05) is 29.3 Å². The molecule has 1 unspecified atom stereocenters. The third kappa shape index (κ3) is 4.02. The van der Waals surface area contributed by atoms with Gasteiger partial charge < -0.3 is 14.9 Å². The number of rotatable bonds is 4. The molecule has 36 heavy (non-hydrogen) atoms. The molecule has 1 N–H and O–H groups in total. The topological polar surface area (TPSA) is 109 Å². The summed E-state index contributed by atoms with van der Waals surface area (Å²) in [5.41, 5.74) is 2.42. The van der Waals surface area contributed by atoms with Crippen LogP contribution in [-0.4, -0.2) is 60.0 Å². The quantitative estimate of drug-likeness (QED) is 0.548. The summed E-state index contributed by atoms with van der Waals surface area (Å²) >= 11 is 12.1. The lowest BCUT2D eigenvalue weighted by Crippen LogP contribution is -2.48. The van der Waals surface area contributed by atoms with Gasteiger partial charge in [-0.2, -0.15) is 5.10 Å². The molecule has 1 aromatic carbocycles. The van der Waals surface area contributed by atoms with Crippen molar-refractivity contribution < 1.29 is 19.5 Å². The molecule has 2 aromatic heterocycles. The highest BCUT2D eigenvalue weighted by Crippen LogP contribution is 2.35. The maximum atomic E-state index is 13.8. The van der Waals surface area contributed by atoms with Crippen LogP contribution < -0.4 is 0 Å². The van der Waals surface area contributed by atoms with Gasteiger partial charge in [0.05, 0.1) is 40.6 Å². The van der Waals surface area contributed by atoms with E-state index in [9.17, 15) is 19.5 Å². The molecule has 0 radical (unpaired) electrons. The van der Waals surface area contributed by atoms with Crippen LogP contribution in [0.1, 0.15) is 63.7 Å². The molecule has 2 aliphatic heterocycles. The fraction of sp³-hybridized carbons (Fsp3) is 0.320. The fourth-order valence-corrected chi connectivity index (χ4v) is 5.16. The van der Waals surface area contributed by atoms with E-state index in [0.29, 0.717) is 34.0 Å². The van der Waals surface area contributed by atoms with E-state index in [2.05, 4.69) is 10.1 Å². The van der Waals surface area contributed by atoms with Crippen LogP contribution in [0.2, 0.25) is 10.0 Å². The number of hydrogen-bond acceptors (Lipinski definition) is 5. The Bertz CT molecular complexity index is 1380. The standard InChI is InChI=1S/C25H23Cl2N5O4/c1-13-9-20-16(11-30(13)23(33)15-6-7-17(26)18(27)10-15)22-24(34)31(12-21(25(35)36)32(22)29-20)14(2)19-5-3-4-8-28-19/h3-8,10,13-14,21H,9,11-12H2,1-2H3,(H,35,36)/t13-,14?,21+/m1/s1. The minimum atomic E-state index is -1.08. The summed E-state index contributed by atoms with van der Waals surface area (Å²) < 4.78 is 1.32. The Morgan fingerprint density at radius 3 is 2.61 bits per heavy atom. The van der Waals surface area contributed by atoms with Gasteiger partial charge >= 0.3 is 5.97 Å². The fourth-order valence-electron chi connectivity index (χ4n) is 4.86. The van der Waals surface area contributed by atoms with Gasteiger partial charge in [0.25, 0.3) is 11.8 Å². The van der Waals surface area contributed by atoms with Crippen LogP contribution in [0.5, 0.6) is 0 Å². The molecule has 4 heterocycles. The van der Waals surface area contributed by atoms with Gasteiger partial charge in [-0.15, -0.1) is 0 Å². The molecule has 2 aliphatic rings. The van der Waals surface area contributed by atoms with E-state index >= 15 is 0 Å². The first kappa shape index (κ1) is 24.3. The highest BCUT2D eigenvalue weighted by Gasteiger charge is 2.43. The van der Waals surface area contributed by atoms with Crippen LogP contribution in [0.15, 0.2) is 42.6 Å². The highest BCUT2D eigenvalue weighted by atomic mass is 35.5. The number of aliphatic carboxylic acids is 1. The van der Waals surface area contributed by atoms with Gasteiger partial charge in [0.15, 0.2) is 6.04 Å². The van der Waals surface area contributed by atoms with Crippen molar-refractivity contribution in [1.82, 2.24) is 24.6 Å². The number of fused-ring (bicyclic) bond motifs is 3. The number of carboxylic acids is 1. The first-order valence-electron chi connectivity index (χ1n) is 11.5. The van der Waals surface area contributed by atoms with Gasteiger partial charge in [0.1, 0.15) is 5.69 Å². The summed E-state index contributed by atoms with van der Waals surface area (Å²) in [5.74, 6) is -1.68. The zero-order chi connectivity index (χ0) is 25.7. The molecule has 0 spiro atoms. The highest BCUT2D eigenvalue weighted by molar-refractivity contribution is 6.42. The summed E-state index contributed by atoms with van der Waals surface area (Å²) in [6, 6.07) is 8.37. The largest absolute Gasteiger partial charge is 0.480 e. The van der Waals surface area contributed by atoms with Crippen LogP contribution >= 0.6 is 23.2 Å². The zero-order valence-corrected chi connectivity index (χ0v) is 21.1. The normalized spacial score (nSPS) is 20.1. The third-order valence-electron chi connectivity index (χ3n) is 6.87. The zero-order valence-electron chi connectivity index (χ0n) is 19.6. The van der Waals surface area contributed by atoms with E-state index < -0.39 is 18.1 Å². The molecule has 3 atom stereocenters. The van der Waals surface area contributed by atoms with Crippen LogP contribution in [0.25, 0.3) is 0 Å². The van der Waals surface area contributed by atoms with Gasteiger partial charge in [0.2, 0.25) is 0 Å². The molecule has 0 bridgehead atoms. The second-order valence-electron chi connectivity index (χ2n) is 9.08. The number of hydrogen-bond donors (Lipinski definition) is 1. The van der Waals surface area contributed by atoms with Gasteiger partial charge in [-0.05, 0) is 44.2 Å². The maximum Gasteiger partial charge on any atom is 0.330 e. The maximum absolute atomic E-state index is 13.8. The molecule has 0 saturated heterocycles. The van der Waals surface area contributed by atoms with E-state index in [0.717, 1.165) is 0 Å². The third-order valence-corrected chi connectivity index (χ3v) is 7.60. The first-order valence-corrected chi connectivity index (χ1v) is 12.2. The number of nitrogens with zero attached hydrogens (tertiary/aromatic N) is 5. The molecule has 5 rings (SSSR count). The minimum Gasteiger partial charge on any atom is -0.480 e. The van der Waals surface area contributed by atoms with Crippen molar-refractivity contribution in [1.29, 1.82) is 0 Å². The molecular formula is C25H23Cl2N5O4. The van der Waals surface area contributed by atoms with Crippen LogP contribution in [-0.2, 0) is 17.8 Å². The first-order chi connectivity index (χ1) is 17.2. The Labute approximate surface area is 217 Å². The average Bonchev–Trinajstić information content (AvgIpc) is 3.23. The number of carbonyl (C=O) groups is 3. The second kappa shape index (κ2) is 9.22. The predicted octanol–water partition coefficient (Wildman–Crippen LogP) is 4.01. The smallest absolute Gasteiger partial charge is 0.330 e. The summed E-state index contributed by atoms with van der Waals surface area (Å²) in [4.78, 5) is 46.9. The molecule has 0 aliphatic carbocycles. The summed E-state index contributed by atoms with van der Waals surface area (Å²) in [7, 11) is 0. The summed E-state index contributed by atoms with van der Waals surface area (Å²) in [5, 5.41) is 15.2. The lowest BCUT2D eigenvalue weighted by atomic mass is 9.97. The van der Waals surface area contributed by atoms with Crippen molar-refractivity contribution >= 4 is 41.0 Å². The number of pyridine rings is 1. The van der Waals surface area contributed by atoms with Gasteiger partial charge in [0, 0.05) is 29.8 Å². The number of carboxylic acid groups (broad SMARTS) is 1. The van der Waals surface area contributed by atoms with Crippen molar-refractivity contribution in [2.45, 2.75) is 44.9 Å². The predicted molar refractivity (Wildman–Crippen MR) is 132 cm³/mol. The van der Waals surface area contributed by atoms with E-state index in [1.807, 2.05) is 19.9 Å². The summed E-state index contributed by atoms with van der Waals surface area (Å²) in [6.45, 7) is 3.79. The Morgan fingerprint density at radius 2 is 1.94 bits per heavy atom. The van der Waals surface area contributed by atoms with Crippen molar-refractivity contribution in [3.8, 4) is 0 Å². The molecule has 2 amide bonds. The van der Waals surface area contributed by atoms with Crippen LogP contribution in [0.3, 0.4) is 0 Å². The van der Waals surface area contributed by atoms with Crippen LogP contribution in [0, 0.1) is 0 Å². The molecule has 0 fully saturated rings. The number of amides is 2. The van der Waals surface area contributed by atoms with Crippen molar-refractivity contribution in [3.63, 3.8) is 0 Å². The molecule has 9 nitrogen and oxygen atoms in total. The van der Waals surface area contributed by atoms with Crippen molar-refractivity contribution in [2.75, 3.05) is 6.54 Å². The van der Waals surface area contributed by atoms with E-state index in [1.54, 1.807) is 35.4 Å². The number of benzene rings is 1. The van der Waals surface area contributed by atoms with Crippen molar-refractivity contribution in [3.05, 3.63) is 80.8 Å². The Kier molecular flexibility index (Phi) is 6.22. The Hall–Kier alpha value is -3.43. The van der Waals surface area contributed by atoms with Crippen LogP contribution in [0.4, 0.5) is 0 Å². The minimum absolute atomic E-state index is 0.0407. The van der Waals surface area contributed by atoms with Gasteiger partial charge in [-0.25, -0.2) is 9.48 Å². The second-order valence-corrected chi connectivity index (χ2v) is 9.89. The lowest BCUT2D eigenvalue weighted by Gasteiger charge is -2.37. The average molecular weight is 528 g/mol. The number of aromatic nitrogens is 3. The Balaban J connectivity index is 1.53. The van der Waals surface area contributed by atoms with Gasteiger partial charge in [-0.3, -0.25) is 14.6 Å². The molecule has 3 aromatic rings. The van der Waals surface area contributed by atoms with E-state index in [4.69, 9.17) is 23.2 Å². The van der Waals surface area contributed by atoms with E-state index in [-0.39, 0.29) is 41.7 Å². The number of carbonyl (C=O) groups excluding carboxylic acids is 2. The van der Waals surface area contributed by atoms with Crippen molar-refractivity contribution in [2.24, 2.45) is 0 Å². The number of halogens is 2. The SMILES string of the molecule is CC(c1ccccn1)N1C[C@@H](C(=O)O)n2nc3c(c2C1=O)CN(C(=O)c1ccc(Cl)c(Cl)c1)[C@H](C)C3. The Morgan fingerprint density at radius 1 is 1.17 bits per heavy atom. The molecule has 11 heteroatoms. The lowest BCUT2D eigenvalue weighted by molar-refractivity contribution is -0.142. The monoisotopic (exact) mass is 527 g/mol. The van der Waals surface area contributed by atoms with E-state index in [1.165, 1.54) is 15.6 Å². The summed E-state index contributed by atoms with van der Waals surface area (Å²) in [6.07, 6.45) is 2.02.